The minimum absolute atomic E-state index is 0.796. The zero-order chi connectivity index (χ0) is 11.7. The Labute approximate surface area is 107 Å². The highest BCUT2D eigenvalue weighted by atomic mass is 79.9. The van der Waals surface area contributed by atoms with Crippen LogP contribution in [0.3, 0.4) is 0 Å². The second kappa shape index (κ2) is 4.22. The number of pyridine rings is 1. The molecule has 3 aromatic rings. The lowest BCUT2D eigenvalue weighted by Crippen LogP contribution is -2.02. The van der Waals surface area contributed by atoms with Crippen LogP contribution in [0, 0.1) is 0 Å². The number of fused-ring (bicyclic) bond motifs is 1. The van der Waals surface area contributed by atoms with E-state index in [1.54, 1.807) is 10.9 Å². The Morgan fingerprint density at radius 2 is 1.94 bits per heavy atom. The highest BCUT2D eigenvalue weighted by molar-refractivity contribution is 9.10. The first kappa shape index (κ1) is 10.4. The third kappa shape index (κ3) is 2.03. The smallest absolute Gasteiger partial charge is 0.155 e. The van der Waals surface area contributed by atoms with Crippen molar-refractivity contribution in [2.45, 2.75) is 0 Å². The van der Waals surface area contributed by atoms with Crippen LogP contribution in [0.5, 0.6) is 5.75 Å². The number of hydrogen-bond acceptors (Lipinski definition) is 2. The summed E-state index contributed by atoms with van der Waals surface area (Å²) in [6.07, 6.45) is 3.63. The molecule has 0 spiro atoms. The second-order valence-electron chi connectivity index (χ2n) is 3.60. The molecule has 0 aliphatic rings. The van der Waals surface area contributed by atoms with E-state index in [0.717, 1.165) is 21.3 Å². The van der Waals surface area contributed by atoms with Crippen LogP contribution >= 0.6 is 15.9 Å². The molecular weight excluding hydrogens is 280 g/mol. The zero-order valence-corrected chi connectivity index (χ0v) is 10.5. The average molecular weight is 289 g/mol. The highest BCUT2D eigenvalue weighted by Gasteiger charge is 2.04. The van der Waals surface area contributed by atoms with E-state index in [2.05, 4.69) is 20.9 Å². The fourth-order valence-corrected chi connectivity index (χ4v) is 1.96. The van der Waals surface area contributed by atoms with E-state index in [0.29, 0.717) is 0 Å². The Morgan fingerprint density at radius 3 is 2.76 bits per heavy atom. The maximum atomic E-state index is 5.74. The lowest BCUT2D eigenvalue weighted by atomic mass is 10.3. The van der Waals surface area contributed by atoms with E-state index in [9.17, 15) is 0 Å². The molecule has 0 aliphatic carbocycles. The maximum Gasteiger partial charge on any atom is 0.155 e. The van der Waals surface area contributed by atoms with Crippen molar-refractivity contribution in [3.8, 4) is 5.75 Å². The van der Waals surface area contributed by atoms with Crippen LogP contribution in [0.15, 0.2) is 59.3 Å². The van der Waals surface area contributed by atoms with E-state index in [1.165, 1.54) is 0 Å². The van der Waals surface area contributed by atoms with Crippen molar-refractivity contribution < 1.29 is 4.84 Å². The molecule has 3 nitrogen and oxygen atoms in total. The van der Waals surface area contributed by atoms with Crippen molar-refractivity contribution >= 4 is 27.0 Å². The van der Waals surface area contributed by atoms with Gasteiger partial charge < -0.3 is 4.84 Å². The zero-order valence-electron chi connectivity index (χ0n) is 8.88. The molecule has 0 bridgehead atoms. The predicted molar refractivity (Wildman–Crippen MR) is 69.9 cm³/mol. The van der Waals surface area contributed by atoms with Gasteiger partial charge in [0.15, 0.2) is 5.75 Å². The Balaban J connectivity index is 2.03. The standard InChI is InChI=1S/C13H9BrN2O/c14-10-8-13-12(15-9-10)6-7-16(13)17-11-4-2-1-3-5-11/h1-9H. The first-order valence-corrected chi connectivity index (χ1v) is 5.98. The first-order chi connectivity index (χ1) is 8.33. The normalized spacial score (nSPS) is 10.6. The number of halogens is 1. The number of hydrogen-bond donors (Lipinski definition) is 0. The Morgan fingerprint density at radius 1 is 1.12 bits per heavy atom. The van der Waals surface area contributed by atoms with Crippen molar-refractivity contribution in [2.75, 3.05) is 0 Å². The molecule has 2 heterocycles. The molecule has 0 aliphatic heterocycles. The van der Waals surface area contributed by atoms with E-state index < -0.39 is 0 Å². The quantitative estimate of drug-likeness (QED) is 0.720. The van der Waals surface area contributed by atoms with Gasteiger partial charge in [-0.1, -0.05) is 18.2 Å². The summed E-state index contributed by atoms with van der Waals surface area (Å²) in [6.45, 7) is 0. The van der Waals surface area contributed by atoms with Gasteiger partial charge in [-0.05, 0) is 40.2 Å². The Kier molecular flexibility index (Phi) is 2.57. The highest BCUT2D eigenvalue weighted by Crippen LogP contribution is 2.19. The molecule has 1 aromatic carbocycles. The summed E-state index contributed by atoms with van der Waals surface area (Å²) in [5.74, 6) is 0.796. The number of benzene rings is 1. The number of nitrogens with zero attached hydrogens (tertiary/aromatic N) is 2. The van der Waals surface area contributed by atoms with Crippen molar-refractivity contribution in [1.82, 2.24) is 9.71 Å². The topological polar surface area (TPSA) is 27.1 Å². The van der Waals surface area contributed by atoms with Crippen LogP contribution in [-0.2, 0) is 0 Å². The minimum Gasteiger partial charge on any atom is -0.375 e. The fourth-order valence-electron chi connectivity index (χ4n) is 1.64. The van der Waals surface area contributed by atoms with Gasteiger partial charge in [0.25, 0.3) is 0 Å². The van der Waals surface area contributed by atoms with Gasteiger partial charge in [0.1, 0.15) is 5.52 Å². The monoisotopic (exact) mass is 288 g/mol. The summed E-state index contributed by atoms with van der Waals surface area (Å²) < 4.78 is 2.64. The molecule has 0 saturated carbocycles. The molecule has 0 unspecified atom stereocenters. The number of para-hydroxylation sites is 1. The average Bonchev–Trinajstić information content (AvgIpc) is 2.73. The van der Waals surface area contributed by atoms with Crippen LogP contribution in [0.4, 0.5) is 0 Å². The van der Waals surface area contributed by atoms with Gasteiger partial charge in [0.2, 0.25) is 0 Å². The van der Waals surface area contributed by atoms with E-state index in [4.69, 9.17) is 4.84 Å². The maximum absolute atomic E-state index is 5.74. The summed E-state index contributed by atoms with van der Waals surface area (Å²) in [5, 5.41) is 0. The molecule has 3 rings (SSSR count). The molecule has 0 amide bonds. The molecule has 2 aromatic heterocycles. The molecular formula is C13H9BrN2O. The van der Waals surface area contributed by atoms with Crippen molar-refractivity contribution in [2.24, 2.45) is 0 Å². The summed E-state index contributed by atoms with van der Waals surface area (Å²) in [7, 11) is 0. The Hall–Kier alpha value is -1.81. The third-order valence-corrected chi connectivity index (χ3v) is 2.85. The van der Waals surface area contributed by atoms with Crippen LogP contribution in [0.2, 0.25) is 0 Å². The van der Waals surface area contributed by atoms with Crippen molar-refractivity contribution in [3.05, 3.63) is 59.3 Å². The SMILES string of the molecule is Brc1cnc2ccn(Oc3ccccc3)c2c1. The van der Waals surface area contributed by atoms with Gasteiger partial charge in [-0.25, -0.2) is 0 Å². The number of aromatic nitrogens is 2. The van der Waals surface area contributed by atoms with Gasteiger partial charge >= 0.3 is 0 Å². The largest absolute Gasteiger partial charge is 0.375 e. The van der Waals surface area contributed by atoms with Crippen LogP contribution in [0.25, 0.3) is 11.0 Å². The van der Waals surface area contributed by atoms with Gasteiger partial charge in [0, 0.05) is 16.9 Å². The lowest BCUT2D eigenvalue weighted by Gasteiger charge is -2.07. The predicted octanol–water partition coefficient (Wildman–Crippen LogP) is 3.64. The van der Waals surface area contributed by atoms with Gasteiger partial charge in [0.05, 0.1) is 5.52 Å². The summed E-state index contributed by atoms with van der Waals surface area (Å²) in [5.41, 5.74) is 1.84. The van der Waals surface area contributed by atoms with Gasteiger partial charge in [-0.2, -0.15) is 4.73 Å². The molecule has 4 heteroatoms. The van der Waals surface area contributed by atoms with Crippen LogP contribution < -0.4 is 4.84 Å². The van der Waals surface area contributed by atoms with Gasteiger partial charge in [-0.15, -0.1) is 0 Å². The molecule has 0 fully saturated rings. The van der Waals surface area contributed by atoms with E-state index in [-0.39, 0.29) is 0 Å². The minimum atomic E-state index is 0.796. The van der Waals surface area contributed by atoms with Crippen molar-refractivity contribution in [1.29, 1.82) is 0 Å². The van der Waals surface area contributed by atoms with Gasteiger partial charge in [-0.3, -0.25) is 4.98 Å². The molecule has 0 saturated heterocycles. The second-order valence-corrected chi connectivity index (χ2v) is 4.52. The Bertz CT molecular complexity index is 649. The summed E-state index contributed by atoms with van der Waals surface area (Å²) in [4.78, 5) is 10.0. The lowest BCUT2D eigenvalue weighted by molar-refractivity contribution is 0.229. The summed E-state index contributed by atoms with van der Waals surface area (Å²) >= 11 is 3.41. The molecule has 84 valence electrons. The molecule has 0 atom stereocenters. The van der Waals surface area contributed by atoms with Crippen LogP contribution in [-0.4, -0.2) is 9.71 Å². The first-order valence-electron chi connectivity index (χ1n) is 5.19. The van der Waals surface area contributed by atoms with Crippen LogP contribution in [0.1, 0.15) is 0 Å². The van der Waals surface area contributed by atoms with Crippen molar-refractivity contribution in [3.63, 3.8) is 0 Å². The fraction of sp³-hybridized carbons (Fsp3) is 0. The molecule has 0 N–H and O–H groups in total. The molecule has 17 heavy (non-hydrogen) atoms. The summed E-state index contributed by atoms with van der Waals surface area (Å²) in [6, 6.07) is 13.6. The third-order valence-electron chi connectivity index (χ3n) is 2.42. The van der Waals surface area contributed by atoms with E-state index in [1.807, 2.05) is 48.7 Å². The molecule has 0 radical (unpaired) electrons. The van der Waals surface area contributed by atoms with E-state index >= 15 is 0 Å². The number of rotatable bonds is 2.